The van der Waals surface area contributed by atoms with Gasteiger partial charge in [0.05, 0.1) is 6.61 Å². The fourth-order valence-corrected chi connectivity index (χ4v) is 2.46. The third-order valence-corrected chi connectivity index (χ3v) is 4.05. The van der Waals surface area contributed by atoms with E-state index in [-0.39, 0.29) is 0 Å². The lowest BCUT2D eigenvalue weighted by molar-refractivity contribution is 0.318. The summed E-state index contributed by atoms with van der Waals surface area (Å²) in [4.78, 5) is 0. The van der Waals surface area contributed by atoms with E-state index < -0.39 is 0 Å². The molecule has 17 heavy (non-hydrogen) atoms. The van der Waals surface area contributed by atoms with Crippen LogP contribution in [0.3, 0.4) is 0 Å². The van der Waals surface area contributed by atoms with Crippen LogP contribution >= 0.6 is 27.7 Å². The van der Waals surface area contributed by atoms with Crippen molar-refractivity contribution in [3.8, 4) is 5.75 Å². The van der Waals surface area contributed by atoms with Crippen LogP contribution in [-0.2, 0) is 6.54 Å². The van der Waals surface area contributed by atoms with E-state index in [0.29, 0.717) is 0 Å². The second-order valence-corrected chi connectivity index (χ2v) is 5.93. The summed E-state index contributed by atoms with van der Waals surface area (Å²) in [6.45, 7) is 3.83. The van der Waals surface area contributed by atoms with Gasteiger partial charge in [-0.3, -0.25) is 0 Å². The standard InChI is InChI=1S/C13H20BrNOS/c1-3-17-8-4-7-16-12-5-6-13(14)11(9-12)10-15-2/h5-6,9,15H,3-4,7-8,10H2,1-2H3. The van der Waals surface area contributed by atoms with Gasteiger partial charge in [-0.25, -0.2) is 0 Å². The number of thioether (sulfide) groups is 1. The minimum atomic E-state index is 0.799. The van der Waals surface area contributed by atoms with Crippen molar-refractivity contribution >= 4 is 27.7 Å². The normalized spacial score (nSPS) is 10.5. The van der Waals surface area contributed by atoms with Crippen molar-refractivity contribution in [3.05, 3.63) is 28.2 Å². The van der Waals surface area contributed by atoms with Gasteiger partial charge in [-0.05, 0) is 48.7 Å². The lowest BCUT2D eigenvalue weighted by Crippen LogP contribution is -2.06. The quantitative estimate of drug-likeness (QED) is 0.739. The van der Waals surface area contributed by atoms with Crippen LogP contribution in [0.15, 0.2) is 22.7 Å². The Labute approximate surface area is 117 Å². The Hall–Kier alpha value is -0.190. The highest BCUT2D eigenvalue weighted by molar-refractivity contribution is 9.10. The molecule has 0 saturated heterocycles. The molecule has 0 bridgehead atoms. The summed E-state index contributed by atoms with van der Waals surface area (Å²) in [7, 11) is 1.95. The number of hydrogen-bond acceptors (Lipinski definition) is 3. The van der Waals surface area contributed by atoms with Gasteiger partial charge >= 0.3 is 0 Å². The molecule has 0 radical (unpaired) electrons. The highest BCUT2D eigenvalue weighted by Crippen LogP contribution is 2.22. The average Bonchev–Trinajstić information content (AvgIpc) is 2.33. The summed E-state index contributed by atoms with van der Waals surface area (Å²) < 4.78 is 6.86. The number of rotatable bonds is 8. The van der Waals surface area contributed by atoms with Crippen LogP contribution in [0.5, 0.6) is 5.75 Å². The third-order valence-electron chi connectivity index (χ3n) is 2.29. The molecule has 0 fully saturated rings. The van der Waals surface area contributed by atoms with E-state index >= 15 is 0 Å². The molecule has 0 unspecified atom stereocenters. The fraction of sp³-hybridized carbons (Fsp3) is 0.538. The molecular weight excluding hydrogens is 298 g/mol. The Morgan fingerprint density at radius 2 is 2.24 bits per heavy atom. The molecule has 0 aliphatic carbocycles. The van der Waals surface area contributed by atoms with Crippen LogP contribution in [0.1, 0.15) is 18.9 Å². The molecule has 1 N–H and O–H groups in total. The number of ether oxygens (including phenoxy) is 1. The summed E-state index contributed by atoms with van der Waals surface area (Å²) in [6, 6.07) is 6.15. The van der Waals surface area contributed by atoms with Gasteiger partial charge in [0.1, 0.15) is 5.75 Å². The second kappa shape index (κ2) is 8.84. The lowest BCUT2D eigenvalue weighted by atomic mass is 10.2. The van der Waals surface area contributed by atoms with Crippen molar-refractivity contribution in [2.24, 2.45) is 0 Å². The van der Waals surface area contributed by atoms with E-state index in [4.69, 9.17) is 4.74 Å². The Morgan fingerprint density at radius 1 is 1.41 bits per heavy atom. The van der Waals surface area contributed by atoms with E-state index in [1.54, 1.807) is 0 Å². The summed E-state index contributed by atoms with van der Waals surface area (Å²) in [5.41, 5.74) is 1.23. The predicted molar refractivity (Wildman–Crippen MR) is 80.0 cm³/mol. The molecule has 0 heterocycles. The van der Waals surface area contributed by atoms with Crippen molar-refractivity contribution < 1.29 is 4.74 Å². The zero-order chi connectivity index (χ0) is 12.5. The zero-order valence-corrected chi connectivity index (χ0v) is 12.9. The Morgan fingerprint density at radius 3 is 2.94 bits per heavy atom. The number of benzene rings is 1. The molecule has 0 atom stereocenters. The molecule has 0 aromatic heterocycles. The van der Waals surface area contributed by atoms with Crippen LogP contribution in [-0.4, -0.2) is 25.2 Å². The van der Waals surface area contributed by atoms with Crippen molar-refractivity contribution in [2.75, 3.05) is 25.2 Å². The van der Waals surface area contributed by atoms with Crippen LogP contribution in [0, 0.1) is 0 Å². The molecule has 0 aliphatic heterocycles. The van der Waals surface area contributed by atoms with Gasteiger partial charge in [0, 0.05) is 11.0 Å². The third kappa shape index (κ3) is 5.80. The van der Waals surface area contributed by atoms with Crippen molar-refractivity contribution in [2.45, 2.75) is 19.9 Å². The molecule has 0 amide bonds. The van der Waals surface area contributed by atoms with Crippen molar-refractivity contribution in [3.63, 3.8) is 0 Å². The molecular formula is C13H20BrNOS. The van der Waals surface area contributed by atoms with Gasteiger partial charge in [-0.15, -0.1) is 0 Å². The summed E-state index contributed by atoms with van der Waals surface area (Å²) >= 11 is 5.49. The summed E-state index contributed by atoms with van der Waals surface area (Å²) in [5.74, 6) is 3.32. The molecule has 2 nitrogen and oxygen atoms in total. The maximum Gasteiger partial charge on any atom is 0.119 e. The van der Waals surface area contributed by atoms with Gasteiger partial charge in [-0.2, -0.15) is 11.8 Å². The smallest absolute Gasteiger partial charge is 0.119 e. The van der Waals surface area contributed by atoms with Gasteiger partial charge in [0.25, 0.3) is 0 Å². The van der Waals surface area contributed by atoms with Gasteiger partial charge in [-0.1, -0.05) is 22.9 Å². The molecule has 1 rings (SSSR count). The highest BCUT2D eigenvalue weighted by atomic mass is 79.9. The van der Waals surface area contributed by atoms with E-state index in [9.17, 15) is 0 Å². The highest BCUT2D eigenvalue weighted by Gasteiger charge is 2.01. The largest absolute Gasteiger partial charge is 0.494 e. The molecule has 1 aromatic carbocycles. The first kappa shape index (κ1) is 14.9. The van der Waals surface area contributed by atoms with Gasteiger partial charge in [0.15, 0.2) is 0 Å². The van der Waals surface area contributed by atoms with E-state index in [2.05, 4.69) is 34.2 Å². The summed E-state index contributed by atoms with van der Waals surface area (Å²) in [6.07, 6.45) is 1.11. The topological polar surface area (TPSA) is 21.3 Å². The second-order valence-electron chi connectivity index (χ2n) is 3.68. The predicted octanol–water partition coefficient (Wildman–Crippen LogP) is 3.69. The first-order valence-electron chi connectivity index (χ1n) is 5.91. The van der Waals surface area contributed by atoms with E-state index in [1.165, 1.54) is 17.1 Å². The van der Waals surface area contributed by atoms with E-state index in [1.807, 2.05) is 30.9 Å². The Kier molecular flexibility index (Phi) is 7.73. The molecule has 0 spiro atoms. The first-order valence-corrected chi connectivity index (χ1v) is 7.86. The minimum Gasteiger partial charge on any atom is -0.494 e. The maximum atomic E-state index is 5.73. The lowest BCUT2D eigenvalue weighted by Gasteiger charge is -2.09. The monoisotopic (exact) mass is 317 g/mol. The first-order chi connectivity index (χ1) is 8.27. The Bertz CT molecular complexity index is 333. The molecule has 4 heteroatoms. The Balaban J connectivity index is 2.40. The van der Waals surface area contributed by atoms with Gasteiger partial charge in [0.2, 0.25) is 0 Å². The van der Waals surface area contributed by atoms with Crippen LogP contribution in [0.25, 0.3) is 0 Å². The zero-order valence-electron chi connectivity index (χ0n) is 10.5. The molecule has 96 valence electrons. The van der Waals surface area contributed by atoms with Crippen LogP contribution in [0.2, 0.25) is 0 Å². The molecule has 1 aromatic rings. The average molecular weight is 318 g/mol. The van der Waals surface area contributed by atoms with Crippen molar-refractivity contribution in [1.82, 2.24) is 5.32 Å². The maximum absolute atomic E-state index is 5.73. The van der Waals surface area contributed by atoms with Crippen LogP contribution in [0.4, 0.5) is 0 Å². The molecule has 0 aliphatic rings. The SMILES string of the molecule is CCSCCCOc1ccc(Br)c(CNC)c1. The van der Waals surface area contributed by atoms with Crippen molar-refractivity contribution in [1.29, 1.82) is 0 Å². The number of nitrogens with one attached hydrogen (secondary N) is 1. The minimum absolute atomic E-state index is 0.799. The number of halogens is 1. The molecule has 0 saturated carbocycles. The van der Waals surface area contributed by atoms with Gasteiger partial charge < -0.3 is 10.1 Å². The van der Waals surface area contributed by atoms with Crippen LogP contribution < -0.4 is 10.1 Å². The number of hydrogen-bond donors (Lipinski definition) is 1. The summed E-state index contributed by atoms with van der Waals surface area (Å²) in [5, 5.41) is 3.15. The fourth-order valence-electron chi connectivity index (χ4n) is 1.46. The van der Waals surface area contributed by atoms with E-state index in [0.717, 1.165) is 29.8 Å².